The number of benzene rings is 1. The van der Waals surface area contributed by atoms with Crippen molar-refractivity contribution < 1.29 is 4.74 Å². The van der Waals surface area contributed by atoms with Crippen LogP contribution in [-0.2, 0) is 13.1 Å². The number of rotatable bonds is 9. The van der Waals surface area contributed by atoms with Crippen LogP contribution in [0.1, 0.15) is 58.2 Å². The number of hydrogen-bond acceptors (Lipinski definition) is 2. The van der Waals surface area contributed by atoms with Gasteiger partial charge in [0.2, 0.25) is 0 Å². The summed E-state index contributed by atoms with van der Waals surface area (Å²) in [6, 6.07) is 6.57. The third kappa shape index (κ3) is 4.08. The zero-order chi connectivity index (χ0) is 16.8. The maximum absolute atomic E-state index is 6.03. The van der Waals surface area contributed by atoms with Gasteiger partial charge in [0.25, 0.3) is 0 Å². The fourth-order valence-corrected chi connectivity index (χ4v) is 3.00. The first-order chi connectivity index (χ1) is 11.1. The van der Waals surface area contributed by atoms with E-state index in [9.17, 15) is 0 Å². The predicted octanol–water partition coefficient (Wildman–Crippen LogP) is 5.04. The van der Waals surface area contributed by atoms with Gasteiger partial charge in [0.05, 0.1) is 6.10 Å². The van der Waals surface area contributed by atoms with Crippen molar-refractivity contribution >= 4 is 10.9 Å². The first-order valence-corrected chi connectivity index (χ1v) is 9.11. The van der Waals surface area contributed by atoms with Crippen LogP contribution in [0, 0.1) is 6.92 Å². The lowest BCUT2D eigenvalue weighted by Gasteiger charge is -2.13. The Bertz CT molecular complexity index is 630. The minimum absolute atomic E-state index is 0.257. The summed E-state index contributed by atoms with van der Waals surface area (Å²) in [4.78, 5) is 0. The van der Waals surface area contributed by atoms with Gasteiger partial charge in [0, 0.05) is 29.7 Å². The van der Waals surface area contributed by atoms with Crippen LogP contribution in [0.2, 0.25) is 0 Å². The topological polar surface area (TPSA) is 26.2 Å². The number of hydrogen-bond donors (Lipinski definition) is 1. The average molecular weight is 316 g/mol. The number of aryl methyl sites for hydroxylation is 1. The number of nitrogens with one attached hydrogen (secondary N) is 1. The number of ether oxygens (including phenoxy) is 1. The van der Waals surface area contributed by atoms with Crippen molar-refractivity contribution in [2.24, 2.45) is 0 Å². The molecule has 0 spiro atoms. The lowest BCUT2D eigenvalue weighted by atomic mass is 10.1. The Morgan fingerprint density at radius 1 is 1.22 bits per heavy atom. The second-order valence-electron chi connectivity index (χ2n) is 6.37. The Labute approximate surface area is 141 Å². The van der Waals surface area contributed by atoms with Gasteiger partial charge in [0.15, 0.2) is 0 Å². The highest BCUT2D eigenvalue weighted by Crippen LogP contribution is 2.30. The maximum atomic E-state index is 6.03. The van der Waals surface area contributed by atoms with E-state index < -0.39 is 0 Å². The molecule has 0 saturated carbocycles. The molecule has 23 heavy (non-hydrogen) atoms. The van der Waals surface area contributed by atoms with Crippen molar-refractivity contribution in [3.8, 4) is 5.75 Å². The molecule has 0 radical (unpaired) electrons. The van der Waals surface area contributed by atoms with Crippen LogP contribution in [0.4, 0.5) is 0 Å². The SMILES string of the molecule is CCCCn1c(C)c(CNCC)c2cc(OC(C)CC)ccc21. The molecular formula is C20H32N2O. The van der Waals surface area contributed by atoms with Crippen molar-refractivity contribution in [2.75, 3.05) is 6.54 Å². The summed E-state index contributed by atoms with van der Waals surface area (Å²) in [7, 11) is 0. The minimum Gasteiger partial charge on any atom is -0.491 e. The largest absolute Gasteiger partial charge is 0.491 e. The van der Waals surface area contributed by atoms with E-state index >= 15 is 0 Å². The van der Waals surface area contributed by atoms with E-state index in [1.807, 2.05) is 0 Å². The Balaban J connectivity index is 2.45. The molecule has 3 heteroatoms. The average Bonchev–Trinajstić information content (AvgIpc) is 2.81. The number of nitrogens with zero attached hydrogens (tertiary/aromatic N) is 1. The van der Waals surface area contributed by atoms with Crippen LogP contribution in [0.25, 0.3) is 10.9 Å². The van der Waals surface area contributed by atoms with Crippen molar-refractivity contribution in [1.29, 1.82) is 0 Å². The summed E-state index contributed by atoms with van der Waals surface area (Å²) in [6.45, 7) is 13.9. The van der Waals surface area contributed by atoms with Crippen molar-refractivity contribution in [3.05, 3.63) is 29.5 Å². The van der Waals surface area contributed by atoms with Gasteiger partial charge in [0.1, 0.15) is 5.75 Å². The summed E-state index contributed by atoms with van der Waals surface area (Å²) in [6.07, 6.45) is 3.72. The molecule has 1 aromatic heterocycles. The Morgan fingerprint density at radius 2 is 2.00 bits per heavy atom. The molecule has 0 bridgehead atoms. The second-order valence-corrected chi connectivity index (χ2v) is 6.37. The first-order valence-electron chi connectivity index (χ1n) is 9.11. The fourth-order valence-electron chi connectivity index (χ4n) is 3.00. The standard InChI is InChI=1S/C20H32N2O/c1-6-9-12-22-16(5)19(14-21-8-3)18-13-17(10-11-20(18)22)23-15(4)7-2/h10-11,13,15,21H,6-9,12,14H2,1-5H3. The van der Waals surface area contributed by atoms with Crippen molar-refractivity contribution in [2.45, 2.75) is 73.1 Å². The molecule has 0 aliphatic rings. The summed E-state index contributed by atoms with van der Waals surface area (Å²) < 4.78 is 8.50. The Hall–Kier alpha value is -1.48. The highest BCUT2D eigenvalue weighted by Gasteiger charge is 2.14. The first kappa shape index (κ1) is 17.9. The molecular weight excluding hydrogens is 284 g/mol. The lowest BCUT2D eigenvalue weighted by molar-refractivity contribution is 0.217. The smallest absolute Gasteiger partial charge is 0.120 e. The second kappa shape index (κ2) is 8.39. The number of unbranched alkanes of at least 4 members (excludes halogenated alkanes) is 1. The van der Waals surface area contributed by atoms with Crippen LogP contribution in [-0.4, -0.2) is 17.2 Å². The molecule has 0 saturated heterocycles. The zero-order valence-corrected chi connectivity index (χ0v) is 15.4. The van der Waals surface area contributed by atoms with Gasteiger partial charge in [-0.1, -0.05) is 27.2 Å². The normalized spacial score (nSPS) is 12.7. The summed E-state index contributed by atoms with van der Waals surface area (Å²) >= 11 is 0. The molecule has 1 heterocycles. The van der Waals surface area contributed by atoms with E-state index in [0.29, 0.717) is 0 Å². The van der Waals surface area contributed by atoms with Gasteiger partial charge < -0.3 is 14.6 Å². The van der Waals surface area contributed by atoms with E-state index in [2.05, 4.69) is 62.7 Å². The molecule has 0 fully saturated rings. The number of fused-ring (bicyclic) bond motifs is 1. The van der Waals surface area contributed by atoms with E-state index in [4.69, 9.17) is 4.74 Å². The summed E-state index contributed by atoms with van der Waals surface area (Å²) in [5, 5.41) is 4.82. The Morgan fingerprint density at radius 3 is 2.65 bits per heavy atom. The fraction of sp³-hybridized carbons (Fsp3) is 0.600. The van der Waals surface area contributed by atoms with E-state index in [-0.39, 0.29) is 6.10 Å². The van der Waals surface area contributed by atoms with Crippen LogP contribution in [0.3, 0.4) is 0 Å². The Kier molecular flexibility index (Phi) is 6.52. The highest BCUT2D eigenvalue weighted by atomic mass is 16.5. The van der Waals surface area contributed by atoms with Gasteiger partial charge in [-0.2, -0.15) is 0 Å². The quantitative estimate of drug-likeness (QED) is 0.701. The van der Waals surface area contributed by atoms with Gasteiger partial charge in [-0.3, -0.25) is 0 Å². The predicted molar refractivity (Wildman–Crippen MR) is 99.3 cm³/mol. The summed E-state index contributed by atoms with van der Waals surface area (Å²) in [5.41, 5.74) is 4.13. The van der Waals surface area contributed by atoms with Gasteiger partial charge in [-0.15, -0.1) is 0 Å². The molecule has 0 aliphatic carbocycles. The van der Waals surface area contributed by atoms with Crippen LogP contribution in [0.5, 0.6) is 5.75 Å². The summed E-state index contributed by atoms with van der Waals surface area (Å²) in [5.74, 6) is 0.984. The monoisotopic (exact) mass is 316 g/mol. The van der Waals surface area contributed by atoms with E-state index in [1.165, 1.54) is 35.0 Å². The molecule has 0 amide bonds. The molecule has 1 atom stereocenters. The maximum Gasteiger partial charge on any atom is 0.120 e. The molecule has 128 valence electrons. The third-order valence-corrected chi connectivity index (χ3v) is 4.62. The van der Waals surface area contributed by atoms with Crippen molar-refractivity contribution in [3.63, 3.8) is 0 Å². The van der Waals surface area contributed by atoms with Crippen LogP contribution >= 0.6 is 0 Å². The van der Waals surface area contributed by atoms with Crippen molar-refractivity contribution in [1.82, 2.24) is 9.88 Å². The van der Waals surface area contributed by atoms with E-state index in [0.717, 1.165) is 31.8 Å². The molecule has 2 rings (SSSR count). The van der Waals surface area contributed by atoms with Gasteiger partial charge >= 0.3 is 0 Å². The highest BCUT2D eigenvalue weighted by molar-refractivity contribution is 5.87. The lowest BCUT2D eigenvalue weighted by Crippen LogP contribution is -2.13. The zero-order valence-electron chi connectivity index (χ0n) is 15.4. The van der Waals surface area contributed by atoms with Crippen LogP contribution < -0.4 is 10.1 Å². The third-order valence-electron chi connectivity index (χ3n) is 4.62. The molecule has 0 aliphatic heterocycles. The van der Waals surface area contributed by atoms with Crippen LogP contribution in [0.15, 0.2) is 18.2 Å². The van der Waals surface area contributed by atoms with E-state index in [1.54, 1.807) is 0 Å². The molecule has 3 nitrogen and oxygen atoms in total. The van der Waals surface area contributed by atoms with Gasteiger partial charge in [-0.05, 0) is 57.0 Å². The van der Waals surface area contributed by atoms with Gasteiger partial charge in [-0.25, -0.2) is 0 Å². The minimum atomic E-state index is 0.257. The molecule has 1 unspecified atom stereocenters. The molecule has 1 aromatic carbocycles. The number of aromatic nitrogens is 1. The molecule has 1 N–H and O–H groups in total. The molecule has 2 aromatic rings.